The molecule has 0 aromatic carbocycles. The van der Waals surface area contributed by atoms with Gasteiger partial charge in [0.15, 0.2) is 0 Å². The summed E-state index contributed by atoms with van der Waals surface area (Å²) < 4.78 is 42.0. The standard InChI is InChI=1S/C71H114ClF3N12O11/c1-11-44(4)59-62(91)77-45(5)63(92)87-36-30-53(87)66(95)82(8)55(39-46-21-13-12-14-22-46)65(94)80(6)42-57(88)78-52(29-27-47-26-28-50(51(72)38-47)71(73,74)75)64(93)86-35-19-25-49(86)41-76-70(31-17-18-32-70)69(98)84(10)60(48-23-15-16-24-48)68(97)83(9)56(67(96)85-33-20-34-85)40-58(89)81(7)54(37-43(2)3)61(90)79-59/h43-56,59-60,76H,11-42H2,1-10H3,(H,77,91)(H,78,88)(H,79,90)/t44-,45-,47?,49-,50?,51?,52-,53-,54-,55-,56-,59-,60-/m0/s1. The first-order chi connectivity index (χ1) is 46.4. The molecule has 8 fully saturated rings. The van der Waals surface area contributed by atoms with Gasteiger partial charge >= 0.3 is 6.18 Å². The molecule has 1 spiro atoms. The summed E-state index contributed by atoms with van der Waals surface area (Å²) in [5.41, 5.74) is -1.16. The number of halogens is 4. The highest BCUT2D eigenvalue weighted by Gasteiger charge is 2.52. The third-order valence-electron chi connectivity index (χ3n) is 23.6. The van der Waals surface area contributed by atoms with Gasteiger partial charge in [0.2, 0.25) is 65.0 Å². The van der Waals surface area contributed by atoms with Crippen molar-refractivity contribution in [1.82, 2.24) is 60.5 Å². The highest BCUT2D eigenvalue weighted by molar-refractivity contribution is 6.20. The first-order valence-corrected chi connectivity index (χ1v) is 37.4. The van der Waals surface area contributed by atoms with E-state index in [1.54, 1.807) is 23.8 Å². The largest absolute Gasteiger partial charge is 0.393 e. The molecule has 13 atom stereocenters. The predicted octanol–water partition coefficient (Wildman–Crippen LogP) is 5.98. The average molecular weight is 1400 g/mol. The Labute approximate surface area is 583 Å². The van der Waals surface area contributed by atoms with Crippen LogP contribution >= 0.6 is 11.6 Å². The van der Waals surface area contributed by atoms with Gasteiger partial charge in [-0.2, -0.15) is 13.2 Å². The number of alkyl halides is 4. The Hall–Kier alpha value is -5.79. The third kappa shape index (κ3) is 18.5. The van der Waals surface area contributed by atoms with Gasteiger partial charge in [0.05, 0.1) is 24.4 Å². The number of amides is 11. The van der Waals surface area contributed by atoms with Crippen molar-refractivity contribution in [3.8, 4) is 0 Å². The fraction of sp³-hybridized carbons (Fsp3) is 0.845. The van der Waals surface area contributed by atoms with Crippen LogP contribution in [0, 0.1) is 35.5 Å². The van der Waals surface area contributed by atoms with E-state index in [1.807, 2.05) is 20.8 Å². The van der Waals surface area contributed by atoms with Gasteiger partial charge in [-0.3, -0.25) is 52.7 Å². The van der Waals surface area contributed by atoms with Crippen molar-refractivity contribution >= 4 is 76.6 Å². The van der Waals surface area contributed by atoms with E-state index in [0.29, 0.717) is 77.4 Å². The van der Waals surface area contributed by atoms with Gasteiger partial charge in [-0.25, -0.2) is 0 Å². The number of hydrogen-bond acceptors (Lipinski definition) is 12. The Morgan fingerprint density at radius 1 is 0.633 bits per heavy atom. The zero-order valence-electron chi connectivity index (χ0n) is 59.9. The molecular weight excluding hydrogens is 1290 g/mol. The summed E-state index contributed by atoms with van der Waals surface area (Å²) in [4.78, 5) is 176. The molecule has 23 nitrogen and oxygen atoms in total. The lowest BCUT2D eigenvalue weighted by molar-refractivity contribution is -0.182. The molecule has 0 bridgehead atoms. The lowest BCUT2D eigenvalue weighted by Gasteiger charge is -2.44. The van der Waals surface area contributed by atoms with Crippen LogP contribution in [0.3, 0.4) is 0 Å². The van der Waals surface area contributed by atoms with Crippen LogP contribution in [0.25, 0.3) is 0 Å². The van der Waals surface area contributed by atoms with Crippen molar-refractivity contribution in [2.24, 2.45) is 35.5 Å². The molecule has 4 saturated carbocycles. The number of nitrogens with zero attached hydrogens (tertiary/aromatic N) is 8. The maximum absolute atomic E-state index is 15.6. The summed E-state index contributed by atoms with van der Waals surface area (Å²) in [7, 11) is 7.56. The Morgan fingerprint density at radius 2 is 1.30 bits per heavy atom. The van der Waals surface area contributed by atoms with E-state index in [9.17, 15) is 51.5 Å². The summed E-state index contributed by atoms with van der Waals surface area (Å²) in [5.74, 6) is -8.66. The van der Waals surface area contributed by atoms with Gasteiger partial charge in [0.25, 0.3) is 0 Å². The number of nitrogens with one attached hydrogen (secondary N) is 4. The predicted molar refractivity (Wildman–Crippen MR) is 363 cm³/mol. The average Bonchev–Trinajstić information content (AvgIpc) is 1.39. The summed E-state index contributed by atoms with van der Waals surface area (Å²) in [6.07, 6.45) is 8.14. The molecule has 3 unspecified atom stereocenters. The van der Waals surface area contributed by atoms with E-state index in [1.165, 1.54) is 64.5 Å². The van der Waals surface area contributed by atoms with Gasteiger partial charge in [0.1, 0.15) is 48.3 Å². The zero-order valence-corrected chi connectivity index (χ0v) is 60.7. The minimum absolute atomic E-state index is 0.0611. The first kappa shape index (κ1) is 77.9. The molecule has 4 heterocycles. The summed E-state index contributed by atoms with van der Waals surface area (Å²) in [6.45, 7) is 9.87. The lowest BCUT2D eigenvalue weighted by Crippen LogP contribution is -2.65. The van der Waals surface area contributed by atoms with Crippen molar-refractivity contribution in [1.29, 1.82) is 0 Å². The second-order valence-corrected chi connectivity index (χ2v) is 31.3. The Bertz CT molecular complexity index is 2850. The molecule has 0 aromatic rings. The van der Waals surface area contributed by atoms with E-state index in [0.717, 1.165) is 51.4 Å². The fourth-order valence-electron chi connectivity index (χ4n) is 16.9. The second-order valence-electron chi connectivity index (χ2n) is 30.8. The highest BCUT2D eigenvalue weighted by atomic mass is 35.5. The van der Waals surface area contributed by atoms with Crippen LogP contribution < -0.4 is 21.3 Å². The molecule has 27 heteroatoms. The molecule has 0 aromatic heterocycles. The quantitative estimate of drug-likeness (QED) is 0.174. The summed E-state index contributed by atoms with van der Waals surface area (Å²) >= 11 is 6.43. The van der Waals surface area contributed by atoms with Crippen LogP contribution in [0.1, 0.15) is 202 Å². The van der Waals surface area contributed by atoms with E-state index < -0.39 is 155 Å². The number of carbonyl (C=O) groups is 11. The van der Waals surface area contributed by atoms with Crippen molar-refractivity contribution in [3.63, 3.8) is 0 Å². The number of likely N-dealkylation sites (tertiary alicyclic amines) is 1. The van der Waals surface area contributed by atoms with E-state index in [-0.39, 0.29) is 94.0 Å². The minimum atomic E-state index is -4.47. The molecule has 4 aliphatic carbocycles. The lowest BCUT2D eigenvalue weighted by atomic mass is 9.78. The summed E-state index contributed by atoms with van der Waals surface area (Å²) in [6, 6.07) is -9.55. The molecule has 98 heavy (non-hydrogen) atoms. The van der Waals surface area contributed by atoms with Crippen molar-refractivity contribution in [2.75, 3.05) is 74.5 Å². The molecule has 4 N–H and O–H groups in total. The Kier molecular flexibility index (Phi) is 27.2. The first-order valence-electron chi connectivity index (χ1n) is 36.9. The molecule has 0 radical (unpaired) electrons. The van der Waals surface area contributed by atoms with Crippen LogP contribution in [0.5, 0.6) is 0 Å². The van der Waals surface area contributed by atoms with Gasteiger partial charge in [-0.1, -0.05) is 91.9 Å². The van der Waals surface area contributed by atoms with Crippen molar-refractivity contribution in [3.05, 3.63) is 0 Å². The van der Waals surface area contributed by atoms with E-state index >= 15 is 14.4 Å². The monoisotopic (exact) mass is 1400 g/mol. The van der Waals surface area contributed by atoms with Crippen molar-refractivity contribution in [2.45, 2.75) is 273 Å². The maximum Gasteiger partial charge on any atom is 0.393 e. The third-order valence-corrected chi connectivity index (χ3v) is 24.1. The molecule has 8 rings (SSSR count). The van der Waals surface area contributed by atoms with Gasteiger partial charge in [0, 0.05) is 79.4 Å². The molecule has 4 saturated heterocycles. The fourth-order valence-corrected chi connectivity index (χ4v) is 17.4. The van der Waals surface area contributed by atoms with Crippen LogP contribution in [0.4, 0.5) is 13.2 Å². The van der Waals surface area contributed by atoms with E-state index in [4.69, 9.17) is 11.6 Å². The van der Waals surface area contributed by atoms with Crippen molar-refractivity contribution < 1.29 is 65.9 Å². The number of carbonyl (C=O) groups excluding carboxylic acids is 11. The number of rotatable bonds is 11. The smallest absolute Gasteiger partial charge is 0.343 e. The number of likely N-dealkylation sites (N-methyl/N-ethyl adjacent to an activating group) is 5. The van der Waals surface area contributed by atoms with Crippen LogP contribution in [0.15, 0.2) is 0 Å². The molecular formula is C71H114ClF3N12O11. The SMILES string of the molecule is CC[C@H](C)[C@@H]1NC(=O)[C@H](CC(C)C)N(C)C(=O)C[C@@H](C(=O)N2CCC2)N(C)C(=O)[C@H](C2CCCC2)N(C)C(=O)C2(CCCC2)NC[C@@H]2CCCN2C(=O)[C@H](CCC2CCC(C(F)(F)F)C(Cl)C2)NC(=O)CN(C)C(=O)[C@H](CC2CCCCC2)N(C)C(=O)[C@@H]2CCN2C(=O)[C@H](C)NC1=O. The van der Waals surface area contributed by atoms with Crippen LogP contribution in [0.2, 0.25) is 0 Å². The number of fused-ring (bicyclic) bond motifs is 2. The van der Waals surface area contributed by atoms with Crippen LogP contribution in [-0.2, 0) is 52.7 Å². The molecule has 552 valence electrons. The maximum atomic E-state index is 15.6. The Morgan fingerprint density at radius 3 is 1.89 bits per heavy atom. The van der Waals surface area contributed by atoms with Gasteiger partial charge in [-0.05, 0) is 133 Å². The molecule has 11 amide bonds. The molecule has 4 aliphatic heterocycles. The summed E-state index contributed by atoms with van der Waals surface area (Å²) in [5, 5.41) is 11.1. The van der Waals surface area contributed by atoms with Gasteiger partial charge in [-0.15, -0.1) is 11.6 Å². The van der Waals surface area contributed by atoms with Crippen LogP contribution in [-0.4, -0.2) is 250 Å². The Balaban J connectivity index is 1.13. The van der Waals surface area contributed by atoms with Gasteiger partial charge < -0.3 is 60.5 Å². The normalized spacial score (nSPS) is 32.0. The number of hydrogen-bond donors (Lipinski definition) is 4. The zero-order chi connectivity index (χ0) is 71.7. The minimum Gasteiger partial charge on any atom is -0.343 e. The molecule has 8 aliphatic rings. The topological polar surface area (TPSA) is 262 Å². The van der Waals surface area contributed by atoms with E-state index in [2.05, 4.69) is 21.3 Å². The highest BCUT2D eigenvalue weighted by Crippen LogP contribution is 2.44. The second kappa shape index (κ2) is 34.3.